The van der Waals surface area contributed by atoms with E-state index in [2.05, 4.69) is 15.9 Å². The smallest absolute Gasteiger partial charge is 0.170 e. The van der Waals surface area contributed by atoms with Gasteiger partial charge in [0.15, 0.2) is 5.78 Å². The van der Waals surface area contributed by atoms with Crippen molar-refractivity contribution in [2.45, 2.75) is 19.4 Å². The SMILES string of the molecule is COc1ccc(Br)c(C2CC(=O)c3cc(C)ccc3O2)c1. The number of aryl methyl sites for hydroxylation is 1. The quantitative estimate of drug-likeness (QED) is 0.804. The van der Waals surface area contributed by atoms with Gasteiger partial charge in [-0.3, -0.25) is 4.79 Å². The average molecular weight is 347 g/mol. The summed E-state index contributed by atoms with van der Waals surface area (Å²) in [6.07, 6.45) is 0.0413. The van der Waals surface area contributed by atoms with Gasteiger partial charge >= 0.3 is 0 Å². The van der Waals surface area contributed by atoms with E-state index in [1.807, 2.05) is 43.3 Å². The summed E-state index contributed by atoms with van der Waals surface area (Å²) in [5, 5.41) is 0. The van der Waals surface area contributed by atoms with Crippen molar-refractivity contribution in [2.24, 2.45) is 0 Å². The van der Waals surface area contributed by atoms with Crippen LogP contribution in [0, 0.1) is 6.92 Å². The van der Waals surface area contributed by atoms with E-state index in [-0.39, 0.29) is 11.9 Å². The lowest BCUT2D eigenvalue weighted by Gasteiger charge is -2.26. The van der Waals surface area contributed by atoms with Crippen LogP contribution in [0.2, 0.25) is 0 Å². The lowest BCUT2D eigenvalue weighted by molar-refractivity contribution is 0.0849. The molecule has 1 atom stereocenters. The highest BCUT2D eigenvalue weighted by Crippen LogP contribution is 2.38. The molecule has 1 aliphatic heterocycles. The summed E-state index contributed by atoms with van der Waals surface area (Å²) in [6, 6.07) is 11.4. The first-order chi connectivity index (χ1) is 10.1. The predicted octanol–water partition coefficient (Wildman–Crippen LogP) is 4.47. The molecule has 3 rings (SSSR count). The zero-order valence-corrected chi connectivity index (χ0v) is 13.4. The zero-order valence-electron chi connectivity index (χ0n) is 11.9. The highest BCUT2D eigenvalue weighted by molar-refractivity contribution is 9.10. The van der Waals surface area contributed by atoms with Crippen LogP contribution < -0.4 is 9.47 Å². The van der Waals surface area contributed by atoms with Gasteiger partial charge in [0.25, 0.3) is 0 Å². The van der Waals surface area contributed by atoms with Gasteiger partial charge in [0.05, 0.1) is 19.1 Å². The number of fused-ring (bicyclic) bond motifs is 1. The highest BCUT2D eigenvalue weighted by Gasteiger charge is 2.29. The summed E-state index contributed by atoms with van der Waals surface area (Å²) in [6.45, 7) is 1.97. The van der Waals surface area contributed by atoms with Crippen LogP contribution in [-0.4, -0.2) is 12.9 Å². The molecule has 108 valence electrons. The van der Waals surface area contributed by atoms with Crippen LogP contribution in [0.4, 0.5) is 0 Å². The first-order valence-electron chi connectivity index (χ1n) is 6.72. The van der Waals surface area contributed by atoms with E-state index in [0.717, 1.165) is 21.3 Å². The lowest BCUT2D eigenvalue weighted by atomic mass is 9.95. The second-order valence-electron chi connectivity index (χ2n) is 5.12. The van der Waals surface area contributed by atoms with Gasteiger partial charge in [-0.1, -0.05) is 27.6 Å². The summed E-state index contributed by atoms with van der Waals surface area (Å²) in [7, 11) is 1.62. The largest absolute Gasteiger partial charge is 0.497 e. The van der Waals surface area contributed by atoms with Crippen LogP contribution in [0.1, 0.15) is 34.0 Å². The molecule has 1 unspecified atom stereocenters. The summed E-state index contributed by atoms with van der Waals surface area (Å²) in [5.74, 6) is 1.51. The molecular weight excluding hydrogens is 332 g/mol. The minimum Gasteiger partial charge on any atom is -0.497 e. The van der Waals surface area contributed by atoms with E-state index in [9.17, 15) is 4.79 Å². The Balaban J connectivity index is 1.99. The van der Waals surface area contributed by atoms with Crippen LogP contribution in [-0.2, 0) is 0 Å². The maximum absolute atomic E-state index is 12.4. The molecule has 0 bridgehead atoms. The Bertz CT molecular complexity index is 709. The summed E-state index contributed by atoms with van der Waals surface area (Å²) >= 11 is 3.52. The standard InChI is InChI=1S/C17H15BrO3/c1-10-3-6-16-13(7-10)15(19)9-17(21-16)12-8-11(20-2)4-5-14(12)18/h3-8,17H,9H2,1-2H3. The monoisotopic (exact) mass is 346 g/mol. The minimum atomic E-state index is -0.294. The molecule has 0 N–H and O–H groups in total. The molecule has 4 heteroatoms. The number of Topliss-reactive ketones (excluding diaryl/α,β-unsaturated/α-hetero) is 1. The fourth-order valence-corrected chi connectivity index (χ4v) is 3.01. The Morgan fingerprint density at radius 3 is 2.81 bits per heavy atom. The number of methoxy groups -OCH3 is 1. The van der Waals surface area contributed by atoms with E-state index >= 15 is 0 Å². The van der Waals surface area contributed by atoms with Gasteiger partial charge in [-0.25, -0.2) is 0 Å². The maximum atomic E-state index is 12.4. The van der Waals surface area contributed by atoms with Gasteiger partial charge in [0.2, 0.25) is 0 Å². The number of hydrogen-bond donors (Lipinski definition) is 0. The second kappa shape index (κ2) is 5.53. The number of carbonyl (C=O) groups is 1. The Morgan fingerprint density at radius 2 is 2.05 bits per heavy atom. The first-order valence-corrected chi connectivity index (χ1v) is 7.51. The van der Waals surface area contributed by atoms with Gasteiger partial charge in [-0.05, 0) is 37.3 Å². The third kappa shape index (κ3) is 2.68. The van der Waals surface area contributed by atoms with E-state index in [1.165, 1.54) is 0 Å². The number of hydrogen-bond acceptors (Lipinski definition) is 3. The molecule has 2 aromatic rings. The Kier molecular flexibility index (Phi) is 3.72. The average Bonchev–Trinajstić information content (AvgIpc) is 2.48. The summed E-state index contributed by atoms with van der Waals surface area (Å²) in [5.41, 5.74) is 2.66. The molecule has 0 radical (unpaired) electrons. The van der Waals surface area contributed by atoms with Crippen molar-refractivity contribution in [1.29, 1.82) is 0 Å². The number of ketones is 1. The van der Waals surface area contributed by atoms with Crippen molar-refractivity contribution >= 4 is 21.7 Å². The molecular formula is C17H15BrO3. The number of rotatable bonds is 2. The van der Waals surface area contributed by atoms with E-state index in [1.54, 1.807) is 7.11 Å². The van der Waals surface area contributed by atoms with Crippen molar-refractivity contribution in [1.82, 2.24) is 0 Å². The number of benzene rings is 2. The van der Waals surface area contributed by atoms with E-state index in [0.29, 0.717) is 17.7 Å². The molecule has 0 amide bonds. The van der Waals surface area contributed by atoms with E-state index < -0.39 is 0 Å². The van der Waals surface area contributed by atoms with Crippen LogP contribution in [0.3, 0.4) is 0 Å². The fourth-order valence-electron chi connectivity index (χ4n) is 2.51. The van der Waals surface area contributed by atoms with Gasteiger partial charge < -0.3 is 9.47 Å². The van der Waals surface area contributed by atoms with Crippen LogP contribution in [0.25, 0.3) is 0 Å². The number of halogens is 1. The van der Waals surface area contributed by atoms with Gasteiger partial charge in [0.1, 0.15) is 17.6 Å². The number of carbonyl (C=O) groups excluding carboxylic acids is 1. The van der Waals surface area contributed by atoms with Crippen molar-refractivity contribution < 1.29 is 14.3 Å². The molecule has 0 saturated heterocycles. The zero-order chi connectivity index (χ0) is 15.0. The van der Waals surface area contributed by atoms with Crippen LogP contribution >= 0.6 is 15.9 Å². The second-order valence-corrected chi connectivity index (χ2v) is 5.98. The molecule has 1 heterocycles. The Hall–Kier alpha value is -1.81. The molecule has 0 saturated carbocycles. The molecule has 1 aliphatic rings. The first kappa shape index (κ1) is 14.1. The van der Waals surface area contributed by atoms with Crippen LogP contribution in [0.15, 0.2) is 40.9 Å². The molecule has 0 spiro atoms. The highest BCUT2D eigenvalue weighted by atomic mass is 79.9. The molecule has 0 fully saturated rings. The third-order valence-electron chi connectivity index (χ3n) is 3.63. The molecule has 0 aromatic heterocycles. The van der Waals surface area contributed by atoms with Gasteiger partial charge in [0, 0.05) is 10.0 Å². The van der Waals surface area contributed by atoms with Crippen LogP contribution in [0.5, 0.6) is 11.5 Å². The molecule has 0 aliphatic carbocycles. The predicted molar refractivity (Wildman–Crippen MR) is 84.2 cm³/mol. The molecule has 2 aromatic carbocycles. The fraction of sp³-hybridized carbons (Fsp3) is 0.235. The Morgan fingerprint density at radius 1 is 1.24 bits per heavy atom. The Labute approximate surface area is 132 Å². The topological polar surface area (TPSA) is 35.5 Å². The summed E-state index contributed by atoms with van der Waals surface area (Å²) in [4.78, 5) is 12.4. The maximum Gasteiger partial charge on any atom is 0.170 e. The van der Waals surface area contributed by atoms with Gasteiger partial charge in [-0.15, -0.1) is 0 Å². The third-order valence-corrected chi connectivity index (χ3v) is 4.35. The van der Waals surface area contributed by atoms with E-state index in [4.69, 9.17) is 9.47 Å². The molecule has 21 heavy (non-hydrogen) atoms. The van der Waals surface area contributed by atoms with Crippen molar-refractivity contribution in [3.63, 3.8) is 0 Å². The van der Waals surface area contributed by atoms with Crippen molar-refractivity contribution in [3.05, 3.63) is 57.6 Å². The van der Waals surface area contributed by atoms with Gasteiger partial charge in [-0.2, -0.15) is 0 Å². The summed E-state index contributed by atoms with van der Waals surface area (Å²) < 4.78 is 12.2. The van der Waals surface area contributed by atoms with Crippen molar-refractivity contribution in [2.75, 3.05) is 7.11 Å². The number of ether oxygens (including phenoxy) is 2. The molecule has 3 nitrogen and oxygen atoms in total. The van der Waals surface area contributed by atoms with Crippen molar-refractivity contribution in [3.8, 4) is 11.5 Å². The lowest BCUT2D eigenvalue weighted by Crippen LogP contribution is -2.20. The normalized spacial score (nSPS) is 17.1. The minimum absolute atomic E-state index is 0.111.